The van der Waals surface area contributed by atoms with Gasteiger partial charge in [0.25, 0.3) is 0 Å². The minimum atomic E-state index is 0.214. The average molecular weight is 195 g/mol. The zero-order valence-corrected chi connectivity index (χ0v) is 8.79. The lowest BCUT2D eigenvalue weighted by molar-refractivity contribution is -0.132. The molecule has 14 heavy (non-hydrogen) atoms. The summed E-state index contributed by atoms with van der Waals surface area (Å²) in [7, 11) is 1.82. The number of hydrogen-bond donors (Lipinski definition) is 1. The maximum absolute atomic E-state index is 11.2. The van der Waals surface area contributed by atoms with E-state index in [2.05, 4.69) is 11.4 Å². The molecule has 0 spiro atoms. The summed E-state index contributed by atoms with van der Waals surface area (Å²) < 4.78 is 0. The fraction of sp³-hybridized carbons (Fsp3) is 0.800. The zero-order chi connectivity index (χ0) is 10.6. The van der Waals surface area contributed by atoms with Gasteiger partial charge >= 0.3 is 0 Å². The van der Waals surface area contributed by atoms with Gasteiger partial charge in [0.1, 0.15) is 0 Å². The Morgan fingerprint density at radius 3 is 3.07 bits per heavy atom. The largest absolute Gasteiger partial charge is 0.344 e. The molecule has 1 fully saturated rings. The van der Waals surface area contributed by atoms with E-state index in [9.17, 15) is 4.79 Å². The van der Waals surface area contributed by atoms with Gasteiger partial charge in [-0.1, -0.05) is 0 Å². The Morgan fingerprint density at radius 2 is 2.50 bits per heavy atom. The van der Waals surface area contributed by atoms with Crippen molar-refractivity contribution in [2.24, 2.45) is 0 Å². The molecule has 0 aromatic rings. The third kappa shape index (κ3) is 3.00. The minimum absolute atomic E-state index is 0.214. The number of carbonyl (C=O) groups excluding carboxylic acids is 1. The van der Waals surface area contributed by atoms with Gasteiger partial charge in [0.15, 0.2) is 0 Å². The molecule has 0 radical (unpaired) electrons. The van der Waals surface area contributed by atoms with E-state index in [0.29, 0.717) is 18.9 Å². The molecule has 1 aliphatic heterocycles. The van der Waals surface area contributed by atoms with Crippen LogP contribution in [0.5, 0.6) is 0 Å². The highest BCUT2D eigenvalue weighted by Crippen LogP contribution is 2.10. The summed E-state index contributed by atoms with van der Waals surface area (Å²) >= 11 is 0. The lowest BCUT2D eigenvalue weighted by Crippen LogP contribution is -2.49. The average Bonchev–Trinajstić information content (AvgIpc) is 2.12. The van der Waals surface area contributed by atoms with Gasteiger partial charge in [-0.3, -0.25) is 4.79 Å². The third-order valence-electron chi connectivity index (χ3n) is 2.54. The first-order valence-corrected chi connectivity index (χ1v) is 5.00. The summed E-state index contributed by atoms with van der Waals surface area (Å²) in [5.74, 6) is 0.219. The van der Waals surface area contributed by atoms with Gasteiger partial charge < -0.3 is 10.2 Å². The number of nitrogens with one attached hydrogen (secondary N) is 1. The van der Waals surface area contributed by atoms with Crippen LogP contribution in [0.1, 0.15) is 26.2 Å². The van der Waals surface area contributed by atoms with Gasteiger partial charge in [-0.05, 0) is 13.3 Å². The minimum Gasteiger partial charge on any atom is -0.344 e. The number of hydrogen-bond acceptors (Lipinski definition) is 3. The quantitative estimate of drug-likeness (QED) is 0.713. The molecule has 1 saturated heterocycles. The Bertz CT molecular complexity index is 246. The molecule has 0 bridgehead atoms. The van der Waals surface area contributed by atoms with Gasteiger partial charge in [-0.2, -0.15) is 5.26 Å². The second-order valence-corrected chi connectivity index (χ2v) is 3.94. The molecule has 2 unspecified atom stereocenters. The fourth-order valence-corrected chi connectivity index (χ4v) is 1.75. The van der Waals surface area contributed by atoms with Crippen LogP contribution in [0.2, 0.25) is 0 Å². The lowest BCUT2D eigenvalue weighted by Gasteiger charge is -2.31. The Balaban J connectivity index is 2.33. The molecule has 0 aromatic heterocycles. The molecule has 1 rings (SSSR count). The summed E-state index contributed by atoms with van der Waals surface area (Å²) in [5, 5.41) is 11.9. The number of likely N-dealkylation sites (N-methyl/N-ethyl adjacent to an activating group) is 1. The number of amides is 1. The second kappa shape index (κ2) is 4.97. The molecule has 4 heteroatoms. The molecule has 78 valence electrons. The van der Waals surface area contributed by atoms with Crippen LogP contribution in [-0.4, -0.2) is 36.5 Å². The molecular formula is C10H17N3O. The normalized spacial score (nSPS) is 24.5. The topological polar surface area (TPSA) is 56.1 Å². The summed E-state index contributed by atoms with van der Waals surface area (Å²) in [6.07, 6.45) is 2.03. The van der Waals surface area contributed by atoms with Gasteiger partial charge in [0.2, 0.25) is 5.91 Å². The van der Waals surface area contributed by atoms with Crippen LogP contribution in [0.3, 0.4) is 0 Å². The summed E-state index contributed by atoms with van der Waals surface area (Å²) in [6, 6.07) is 2.70. The van der Waals surface area contributed by atoms with Crippen molar-refractivity contribution in [1.29, 1.82) is 5.26 Å². The molecule has 1 heterocycles. The van der Waals surface area contributed by atoms with E-state index in [1.165, 1.54) is 0 Å². The van der Waals surface area contributed by atoms with Gasteiger partial charge in [0.05, 0.1) is 12.5 Å². The van der Waals surface area contributed by atoms with Gasteiger partial charge in [-0.15, -0.1) is 0 Å². The Morgan fingerprint density at radius 1 is 1.79 bits per heavy atom. The number of nitrogens with zero attached hydrogens (tertiary/aromatic N) is 2. The molecule has 4 nitrogen and oxygen atoms in total. The monoisotopic (exact) mass is 195 g/mol. The van der Waals surface area contributed by atoms with Crippen LogP contribution >= 0.6 is 0 Å². The van der Waals surface area contributed by atoms with Crippen LogP contribution in [0.4, 0.5) is 0 Å². The third-order valence-corrected chi connectivity index (χ3v) is 2.54. The number of rotatable bonds is 3. The van der Waals surface area contributed by atoms with Crippen molar-refractivity contribution in [3.8, 4) is 6.07 Å². The fourth-order valence-electron chi connectivity index (χ4n) is 1.75. The predicted octanol–water partition coefficient (Wildman–Crippen LogP) is 0.499. The number of nitriles is 1. The van der Waals surface area contributed by atoms with E-state index in [0.717, 1.165) is 13.0 Å². The maximum Gasteiger partial charge on any atom is 0.222 e. The van der Waals surface area contributed by atoms with Crippen molar-refractivity contribution >= 4 is 5.91 Å². The maximum atomic E-state index is 11.2. The highest BCUT2D eigenvalue weighted by atomic mass is 16.2. The van der Waals surface area contributed by atoms with Crippen molar-refractivity contribution in [3.05, 3.63) is 0 Å². The summed E-state index contributed by atoms with van der Waals surface area (Å²) in [4.78, 5) is 12.9. The van der Waals surface area contributed by atoms with Crippen LogP contribution in [0.15, 0.2) is 0 Å². The number of piperidine rings is 1. The summed E-state index contributed by atoms with van der Waals surface area (Å²) in [6.45, 7) is 2.76. The van der Waals surface area contributed by atoms with Gasteiger partial charge in [0, 0.05) is 32.1 Å². The van der Waals surface area contributed by atoms with E-state index in [1.807, 2.05) is 14.0 Å². The Hall–Kier alpha value is -1.08. The number of carbonyl (C=O) groups is 1. The Kier molecular flexibility index (Phi) is 3.90. The molecule has 0 saturated carbocycles. The van der Waals surface area contributed by atoms with Crippen molar-refractivity contribution in [2.45, 2.75) is 38.3 Å². The Labute approximate surface area is 84.9 Å². The van der Waals surface area contributed by atoms with Gasteiger partial charge in [-0.25, -0.2) is 0 Å². The first kappa shape index (κ1) is 11.0. The molecule has 1 aliphatic rings. The van der Waals surface area contributed by atoms with E-state index in [1.54, 1.807) is 4.90 Å². The van der Waals surface area contributed by atoms with E-state index < -0.39 is 0 Å². The zero-order valence-electron chi connectivity index (χ0n) is 8.79. The van der Waals surface area contributed by atoms with Crippen molar-refractivity contribution in [1.82, 2.24) is 10.2 Å². The second-order valence-electron chi connectivity index (χ2n) is 3.94. The van der Waals surface area contributed by atoms with Crippen molar-refractivity contribution in [3.63, 3.8) is 0 Å². The number of likely N-dealkylation sites (tertiary alicyclic amines) is 1. The van der Waals surface area contributed by atoms with E-state index >= 15 is 0 Å². The molecule has 0 aliphatic carbocycles. The van der Waals surface area contributed by atoms with Crippen LogP contribution < -0.4 is 5.32 Å². The lowest BCUT2D eigenvalue weighted by atomic mass is 10.0. The molecule has 2 atom stereocenters. The molecule has 0 aromatic carbocycles. The van der Waals surface area contributed by atoms with E-state index in [4.69, 9.17) is 5.26 Å². The van der Waals surface area contributed by atoms with Crippen molar-refractivity contribution < 1.29 is 4.79 Å². The summed E-state index contributed by atoms with van der Waals surface area (Å²) in [5.41, 5.74) is 0. The molecule has 1 amide bonds. The molecule has 1 N–H and O–H groups in total. The van der Waals surface area contributed by atoms with Crippen molar-refractivity contribution in [2.75, 3.05) is 13.6 Å². The predicted molar refractivity (Wildman–Crippen MR) is 53.5 cm³/mol. The highest BCUT2D eigenvalue weighted by molar-refractivity contribution is 5.76. The SMILES string of the molecule is CC(CC#N)NC1CCC(=O)N(C)C1. The highest BCUT2D eigenvalue weighted by Gasteiger charge is 2.23. The standard InChI is InChI=1S/C10H17N3O/c1-8(5-6-11)12-9-3-4-10(14)13(2)7-9/h8-9,12H,3-5,7H2,1-2H3. The molecular weight excluding hydrogens is 178 g/mol. The van der Waals surface area contributed by atoms with Crippen LogP contribution in [-0.2, 0) is 4.79 Å². The first-order valence-electron chi connectivity index (χ1n) is 5.00. The first-order chi connectivity index (χ1) is 6.63. The smallest absolute Gasteiger partial charge is 0.222 e. The van der Waals surface area contributed by atoms with E-state index in [-0.39, 0.29) is 11.9 Å². The van der Waals surface area contributed by atoms with Crippen LogP contribution in [0.25, 0.3) is 0 Å². The van der Waals surface area contributed by atoms with Crippen LogP contribution in [0, 0.1) is 11.3 Å².